The van der Waals surface area contributed by atoms with Crippen molar-refractivity contribution in [1.82, 2.24) is 0 Å². The van der Waals surface area contributed by atoms with E-state index in [-0.39, 0.29) is 24.2 Å². The number of hydrogen-bond acceptors (Lipinski definition) is 1. The van der Waals surface area contributed by atoms with Gasteiger partial charge in [-0.3, -0.25) is 5.41 Å². The monoisotopic (exact) mass is 255 g/mol. The van der Waals surface area contributed by atoms with E-state index >= 15 is 0 Å². The van der Waals surface area contributed by atoms with Crippen molar-refractivity contribution in [3.63, 3.8) is 0 Å². The molecule has 0 bridgehead atoms. The van der Waals surface area contributed by atoms with Gasteiger partial charge in [-0.15, -0.1) is 0 Å². The molecule has 0 amide bonds. The molecule has 0 fully saturated rings. The van der Waals surface area contributed by atoms with Gasteiger partial charge in [0.1, 0.15) is 11.6 Å². The van der Waals surface area contributed by atoms with E-state index in [2.05, 4.69) is 4.99 Å². The maximum atomic E-state index is 13.8. The summed E-state index contributed by atoms with van der Waals surface area (Å²) in [5, 5.41) is 7.68. The number of nitrogens with zero attached hydrogens (tertiary/aromatic N) is 2. The van der Waals surface area contributed by atoms with Crippen LogP contribution in [0.2, 0.25) is 0 Å². The Morgan fingerprint density at radius 2 is 2.00 bits per heavy atom. The van der Waals surface area contributed by atoms with Gasteiger partial charge in [-0.1, -0.05) is 0 Å². The summed E-state index contributed by atoms with van der Waals surface area (Å²) in [6.45, 7) is 3.53. The summed E-state index contributed by atoms with van der Waals surface area (Å²) in [6, 6.07) is 1.94. The summed E-state index contributed by atoms with van der Waals surface area (Å²) in [4.78, 5) is 4.80. The van der Waals surface area contributed by atoms with Crippen LogP contribution < -0.4 is 16.4 Å². The minimum absolute atomic E-state index is 0.0916. The third-order valence-corrected chi connectivity index (χ3v) is 2.30. The molecule has 0 radical (unpaired) electrons. The zero-order chi connectivity index (χ0) is 13.9. The van der Waals surface area contributed by atoms with E-state index in [9.17, 15) is 8.78 Å². The number of hydrogen-bond donors (Lipinski definition) is 3. The van der Waals surface area contributed by atoms with Crippen LogP contribution in [0, 0.1) is 24.0 Å². The van der Waals surface area contributed by atoms with Crippen LogP contribution in [-0.4, -0.2) is 18.5 Å². The molecule has 5 N–H and O–H groups in total. The Labute approximate surface area is 104 Å². The second-order valence-electron chi connectivity index (χ2n) is 3.66. The van der Waals surface area contributed by atoms with Crippen molar-refractivity contribution in [2.45, 2.75) is 13.8 Å². The lowest BCUT2D eigenvalue weighted by molar-refractivity contribution is 0.581. The van der Waals surface area contributed by atoms with E-state index in [4.69, 9.17) is 16.9 Å². The van der Waals surface area contributed by atoms with Gasteiger partial charge in [-0.05, 0) is 25.5 Å². The normalized spacial score (nSPS) is 10.0. The van der Waals surface area contributed by atoms with Crippen molar-refractivity contribution in [3.8, 4) is 0 Å². The number of anilines is 1. The number of halogens is 2. The fraction of sp³-hybridized carbons (Fsp3) is 0.273. The highest BCUT2D eigenvalue weighted by molar-refractivity contribution is 6.01. The molecule has 0 spiro atoms. The molecule has 0 aliphatic rings. The molecule has 0 atom stereocenters. The van der Waals surface area contributed by atoms with E-state index in [0.29, 0.717) is 5.56 Å². The summed E-state index contributed by atoms with van der Waals surface area (Å²) < 4.78 is 26.8. The number of nitrogens with two attached hydrogens (primary N) is 2. The topological polar surface area (TPSA) is 91.5 Å². The van der Waals surface area contributed by atoms with E-state index < -0.39 is 11.6 Å². The summed E-state index contributed by atoms with van der Waals surface area (Å²) in [5.74, 6) is -2.02. The van der Waals surface area contributed by atoms with Gasteiger partial charge in [0, 0.05) is 12.6 Å². The van der Waals surface area contributed by atoms with Crippen LogP contribution >= 0.6 is 0 Å². The molecule has 1 rings (SSSR count). The Kier molecular flexibility index (Phi) is 4.19. The third-order valence-electron chi connectivity index (χ3n) is 2.30. The molecule has 0 unspecified atom stereocenters. The summed E-state index contributed by atoms with van der Waals surface area (Å²) >= 11 is 0. The number of aryl methyl sites for hydroxylation is 1. The summed E-state index contributed by atoms with van der Waals surface area (Å²) in [7, 11) is 0. The molecule has 98 valence electrons. The predicted octanol–water partition coefficient (Wildman–Crippen LogP) is 1.31. The first-order chi connectivity index (χ1) is 8.36. The van der Waals surface area contributed by atoms with Crippen LogP contribution in [0.15, 0.2) is 17.1 Å². The number of rotatable bonds is 2. The summed E-state index contributed by atoms with van der Waals surface area (Å²) in [6.07, 6.45) is 0. The number of benzene rings is 1. The van der Waals surface area contributed by atoms with Gasteiger partial charge in [0.05, 0.1) is 5.69 Å². The van der Waals surface area contributed by atoms with Gasteiger partial charge in [0.2, 0.25) is 5.96 Å². The van der Waals surface area contributed by atoms with Crippen molar-refractivity contribution in [1.29, 1.82) is 5.41 Å². The van der Waals surface area contributed by atoms with Crippen molar-refractivity contribution < 1.29 is 8.78 Å². The van der Waals surface area contributed by atoms with Crippen LogP contribution in [0.1, 0.15) is 12.5 Å². The van der Waals surface area contributed by atoms with Crippen LogP contribution in [0.5, 0.6) is 0 Å². The molecule has 1 aromatic carbocycles. The molecule has 0 heterocycles. The van der Waals surface area contributed by atoms with Crippen molar-refractivity contribution >= 4 is 17.6 Å². The van der Waals surface area contributed by atoms with Gasteiger partial charge < -0.3 is 16.4 Å². The molecular weight excluding hydrogens is 240 g/mol. The van der Waals surface area contributed by atoms with E-state index in [1.165, 1.54) is 11.0 Å². The van der Waals surface area contributed by atoms with Crippen LogP contribution in [0.3, 0.4) is 0 Å². The molecule has 1 aromatic rings. The van der Waals surface area contributed by atoms with E-state index in [0.717, 1.165) is 6.07 Å². The SMILES string of the molecule is CCN(C(=N)N=C(N)N)c1c(C)cc(F)cc1F. The maximum Gasteiger partial charge on any atom is 0.225 e. The lowest BCUT2D eigenvalue weighted by Gasteiger charge is -2.23. The minimum atomic E-state index is -0.759. The molecule has 0 aliphatic carbocycles. The summed E-state index contributed by atoms with van der Waals surface area (Å²) in [5.41, 5.74) is 10.8. The first-order valence-electron chi connectivity index (χ1n) is 5.28. The van der Waals surface area contributed by atoms with E-state index in [1.807, 2.05) is 0 Å². The molecule has 5 nitrogen and oxygen atoms in total. The smallest absolute Gasteiger partial charge is 0.225 e. The largest absolute Gasteiger partial charge is 0.370 e. The van der Waals surface area contributed by atoms with Gasteiger partial charge in [0.15, 0.2) is 5.96 Å². The number of guanidine groups is 2. The fourth-order valence-electron chi connectivity index (χ4n) is 1.63. The van der Waals surface area contributed by atoms with Crippen molar-refractivity contribution in [2.24, 2.45) is 16.5 Å². The zero-order valence-corrected chi connectivity index (χ0v) is 10.2. The van der Waals surface area contributed by atoms with Crippen LogP contribution in [0.4, 0.5) is 14.5 Å². The Hall–Kier alpha value is -2.18. The first-order valence-corrected chi connectivity index (χ1v) is 5.28. The lowest BCUT2D eigenvalue weighted by Crippen LogP contribution is -2.34. The molecule has 0 saturated heterocycles. The predicted molar refractivity (Wildman–Crippen MR) is 67.7 cm³/mol. The van der Waals surface area contributed by atoms with E-state index in [1.54, 1.807) is 13.8 Å². The molecule has 18 heavy (non-hydrogen) atoms. The Balaban J connectivity index is 3.26. The van der Waals surface area contributed by atoms with Crippen molar-refractivity contribution in [2.75, 3.05) is 11.4 Å². The van der Waals surface area contributed by atoms with Crippen LogP contribution in [-0.2, 0) is 0 Å². The molecule has 0 saturated carbocycles. The fourth-order valence-corrected chi connectivity index (χ4v) is 1.63. The van der Waals surface area contributed by atoms with Gasteiger partial charge in [-0.25, -0.2) is 8.78 Å². The maximum absolute atomic E-state index is 13.8. The standard InChI is InChI=1S/C11H15F2N5/c1-3-18(11(16)17-10(14)15)9-6(2)4-7(12)5-8(9)13/h4-5H,3H2,1-2H3,(H5,14,15,16,17). The second-order valence-corrected chi connectivity index (χ2v) is 3.66. The number of aliphatic imine (C=N–C) groups is 1. The van der Waals surface area contributed by atoms with Gasteiger partial charge >= 0.3 is 0 Å². The highest BCUT2D eigenvalue weighted by Gasteiger charge is 2.18. The lowest BCUT2D eigenvalue weighted by atomic mass is 10.1. The highest BCUT2D eigenvalue weighted by atomic mass is 19.1. The average Bonchev–Trinajstić information content (AvgIpc) is 2.21. The first kappa shape index (κ1) is 13.9. The molecule has 0 aromatic heterocycles. The second kappa shape index (κ2) is 5.44. The minimum Gasteiger partial charge on any atom is -0.370 e. The van der Waals surface area contributed by atoms with Crippen LogP contribution in [0.25, 0.3) is 0 Å². The average molecular weight is 255 g/mol. The zero-order valence-electron chi connectivity index (χ0n) is 10.2. The quantitative estimate of drug-likeness (QED) is 0.549. The third kappa shape index (κ3) is 2.93. The highest BCUT2D eigenvalue weighted by Crippen LogP contribution is 2.25. The molecule has 7 heteroatoms. The van der Waals surface area contributed by atoms with Crippen molar-refractivity contribution in [3.05, 3.63) is 29.3 Å². The molecule has 0 aliphatic heterocycles. The Morgan fingerprint density at radius 1 is 1.39 bits per heavy atom. The Bertz CT molecular complexity index is 471. The Morgan fingerprint density at radius 3 is 2.44 bits per heavy atom. The van der Waals surface area contributed by atoms with Gasteiger partial charge in [0.25, 0.3) is 0 Å². The number of nitrogens with one attached hydrogen (secondary N) is 1. The molecular formula is C11H15F2N5. The van der Waals surface area contributed by atoms with Gasteiger partial charge in [-0.2, -0.15) is 4.99 Å².